The minimum atomic E-state index is -4.83. The Morgan fingerprint density at radius 1 is 1.23 bits per heavy atom. The van der Waals surface area contributed by atoms with E-state index in [9.17, 15) is 36.6 Å². The normalized spacial score (nSPS) is 16.7. The third-order valence-electron chi connectivity index (χ3n) is 5.37. The molecule has 1 aliphatic heterocycles. The predicted octanol–water partition coefficient (Wildman–Crippen LogP) is 5.19. The SMILES string of the molecule is C[C@H](Oc1cc(NC(=O)N2CCC[C@H]2CO)c(F)cc1C(=O)Nc1c(F)cccc1Cl)C(F)(F)F. The number of aliphatic hydroxyl groups is 1. The van der Waals surface area contributed by atoms with E-state index in [1.54, 1.807) is 0 Å². The van der Waals surface area contributed by atoms with Crippen molar-refractivity contribution in [2.24, 2.45) is 0 Å². The number of para-hydroxylation sites is 1. The Labute approximate surface area is 201 Å². The molecule has 3 rings (SSSR count). The van der Waals surface area contributed by atoms with E-state index >= 15 is 0 Å². The minimum absolute atomic E-state index is 0.196. The first-order valence-corrected chi connectivity index (χ1v) is 10.8. The van der Waals surface area contributed by atoms with Crippen LogP contribution < -0.4 is 15.4 Å². The first-order chi connectivity index (χ1) is 16.4. The number of hydrogen-bond acceptors (Lipinski definition) is 4. The highest BCUT2D eigenvalue weighted by molar-refractivity contribution is 6.34. The number of likely N-dealkylation sites (tertiary alicyclic amines) is 1. The second kappa shape index (κ2) is 10.6. The fraction of sp³-hybridized carbons (Fsp3) is 0.364. The van der Waals surface area contributed by atoms with Gasteiger partial charge >= 0.3 is 12.2 Å². The van der Waals surface area contributed by atoms with Crippen molar-refractivity contribution in [2.75, 3.05) is 23.8 Å². The Balaban J connectivity index is 1.95. The summed E-state index contributed by atoms with van der Waals surface area (Å²) >= 11 is 5.87. The van der Waals surface area contributed by atoms with E-state index in [0.717, 1.165) is 12.1 Å². The van der Waals surface area contributed by atoms with Crippen molar-refractivity contribution < 1.29 is 41.4 Å². The summed E-state index contributed by atoms with van der Waals surface area (Å²) in [5.74, 6) is -3.99. The lowest BCUT2D eigenvalue weighted by Crippen LogP contribution is -2.40. The van der Waals surface area contributed by atoms with Gasteiger partial charge in [-0.2, -0.15) is 13.2 Å². The summed E-state index contributed by atoms with van der Waals surface area (Å²) < 4.78 is 73.2. The number of alkyl halides is 3. The number of nitrogens with one attached hydrogen (secondary N) is 2. The summed E-state index contributed by atoms with van der Waals surface area (Å²) in [6.45, 7) is 0.648. The van der Waals surface area contributed by atoms with Gasteiger partial charge in [0.15, 0.2) is 6.10 Å². The molecule has 0 aliphatic carbocycles. The number of benzene rings is 2. The molecule has 13 heteroatoms. The maximum absolute atomic E-state index is 14.8. The predicted molar refractivity (Wildman–Crippen MR) is 118 cm³/mol. The highest BCUT2D eigenvalue weighted by Gasteiger charge is 2.39. The van der Waals surface area contributed by atoms with Crippen LogP contribution in [0, 0.1) is 11.6 Å². The van der Waals surface area contributed by atoms with Gasteiger partial charge in [0, 0.05) is 12.6 Å². The van der Waals surface area contributed by atoms with Gasteiger partial charge in [0.2, 0.25) is 0 Å². The molecule has 2 atom stereocenters. The molecule has 0 radical (unpaired) electrons. The topological polar surface area (TPSA) is 90.9 Å². The van der Waals surface area contributed by atoms with E-state index in [1.807, 2.05) is 0 Å². The molecule has 35 heavy (non-hydrogen) atoms. The van der Waals surface area contributed by atoms with Crippen LogP contribution >= 0.6 is 11.6 Å². The van der Waals surface area contributed by atoms with Crippen LogP contribution in [0.1, 0.15) is 30.1 Å². The average Bonchev–Trinajstić information content (AvgIpc) is 3.26. The first-order valence-electron chi connectivity index (χ1n) is 10.4. The highest BCUT2D eigenvalue weighted by Crippen LogP contribution is 2.33. The quantitative estimate of drug-likeness (QED) is 0.456. The van der Waals surface area contributed by atoms with Gasteiger partial charge in [0.05, 0.1) is 34.6 Å². The number of carbonyl (C=O) groups is 2. The van der Waals surface area contributed by atoms with Gasteiger partial charge in [0.25, 0.3) is 5.91 Å². The van der Waals surface area contributed by atoms with Crippen LogP contribution in [0.2, 0.25) is 5.02 Å². The van der Waals surface area contributed by atoms with E-state index in [-0.39, 0.29) is 18.2 Å². The molecule has 1 aliphatic rings. The van der Waals surface area contributed by atoms with E-state index in [0.29, 0.717) is 25.8 Å². The van der Waals surface area contributed by atoms with Crippen LogP contribution in [0.3, 0.4) is 0 Å². The molecule has 0 saturated carbocycles. The van der Waals surface area contributed by atoms with E-state index in [1.165, 1.54) is 17.0 Å². The number of amides is 3. The molecule has 7 nitrogen and oxygen atoms in total. The molecule has 1 heterocycles. The zero-order valence-electron chi connectivity index (χ0n) is 18.3. The van der Waals surface area contributed by atoms with Crippen LogP contribution in [-0.2, 0) is 0 Å². The Hall–Kier alpha value is -3.12. The lowest BCUT2D eigenvalue weighted by atomic mass is 10.1. The molecule has 2 aromatic rings. The maximum atomic E-state index is 14.8. The third kappa shape index (κ3) is 6.12. The Kier molecular flexibility index (Phi) is 8.06. The number of carbonyl (C=O) groups excluding carboxylic acids is 2. The second-order valence-corrected chi connectivity index (χ2v) is 8.19. The van der Waals surface area contributed by atoms with Crippen LogP contribution in [0.4, 0.5) is 38.1 Å². The second-order valence-electron chi connectivity index (χ2n) is 7.78. The van der Waals surface area contributed by atoms with Crippen molar-refractivity contribution in [3.63, 3.8) is 0 Å². The Morgan fingerprint density at radius 3 is 2.57 bits per heavy atom. The maximum Gasteiger partial charge on any atom is 0.425 e. The number of anilines is 2. The van der Waals surface area contributed by atoms with Crippen LogP contribution in [0.25, 0.3) is 0 Å². The standard InChI is InChI=1S/C22H21ClF5N3O4/c1-11(22(26,27)28)35-18-9-17(29-21(34)31-7-3-4-12(31)10-32)16(25)8-13(18)20(33)30-19-14(23)5-2-6-15(19)24/h2,5-6,8-9,11-12,32H,3-4,7,10H2,1H3,(H,29,34)(H,30,33)/t11-,12-/m0/s1. The molecule has 0 aromatic heterocycles. The number of halogens is 6. The van der Waals surface area contributed by atoms with Crippen molar-refractivity contribution in [1.29, 1.82) is 0 Å². The Bertz CT molecular complexity index is 1090. The summed E-state index contributed by atoms with van der Waals surface area (Å²) in [4.78, 5) is 26.6. The van der Waals surface area contributed by atoms with Crippen molar-refractivity contribution in [2.45, 2.75) is 38.1 Å². The van der Waals surface area contributed by atoms with Crippen molar-refractivity contribution in [3.8, 4) is 5.75 Å². The van der Waals surface area contributed by atoms with E-state index in [2.05, 4.69) is 10.6 Å². The number of urea groups is 1. The van der Waals surface area contributed by atoms with E-state index < -0.39 is 64.6 Å². The fourth-order valence-electron chi connectivity index (χ4n) is 3.46. The van der Waals surface area contributed by atoms with Gasteiger partial charge in [-0.15, -0.1) is 0 Å². The van der Waals surface area contributed by atoms with Crippen molar-refractivity contribution in [3.05, 3.63) is 52.6 Å². The average molecular weight is 522 g/mol. The van der Waals surface area contributed by atoms with E-state index in [4.69, 9.17) is 16.3 Å². The largest absolute Gasteiger partial charge is 0.480 e. The summed E-state index contributed by atoms with van der Waals surface area (Å²) in [7, 11) is 0. The summed E-state index contributed by atoms with van der Waals surface area (Å²) in [6, 6.07) is 3.54. The number of ether oxygens (including phenoxy) is 1. The van der Waals surface area contributed by atoms with Gasteiger partial charge in [-0.3, -0.25) is 4.79 Å². The van der Waals surface area contributed by atoms with Crippen LogP contribution in [0.15, 0.2) is 30.3 Å². The number of nitrogens with zero attached hydrogens (tertiary/aromatic N) is 1. The summed E-state index contributed by atoms with van der Waals surface area (Å²) in [5, 5.41) is 13.5. The number of rotatable bonds is 6. The number of hydrogen-bond donors (Lipinski definition) is 3. The van der Waals surface area contributed by atoms with Crippen LogP contribution in [0.5, 0.6) is 5.75 Å². The molecule has 2 aromatic carbocycles. The minimum Gasteiger partial charge on any atom is -0.480 e. The number of aliphatic hydroxyl groups excluding tert-OH is 1. The first kappa shape index (κ1) is 26.5. The lowest BCUT2D eigenvalue weighted by Gasteiger charge is -2.24. The van der Waals surface area contributed by atoms with Gasteiger partial charge in [-0.1, -0.05) is 17.7 Å². The molecule has 1 fully saturated rings. The van der Waals surface area contributed by atoms with Crippen molar-refractivity contribution >= 4 is 34.9 Å². The molecule has 3 N–H and O–H groups in total. The zero-order chi connectivity index (χ0) is 25.9. The van der Waals surface area contributed by atoms with Crippen LogP contribution in [-0.4, -0.2) is 53.4 Å². The summed E-state index contributed by atoms with van der Waals surface area (Å²) in [6.07, 6.45) is -6.10. The summed E-state index contributed by atoms with van der Waals surface area (Å²) in [5.41, 5.74) is -1.70. The lowest BCUT2D eigenvalue weighted by molar-refractivity contribution is -0.189. The molecule has 190 valence electrons. The Morgan fingerprint density at radius 2 is 1.94 bits per heavy atom. The smallest absolute Gasteiger partial charge is 0.425 e. The van der Waals surface area contributed by atoms with Gasteiger partial charge in [-0.05, 0) is 38.0 Å². The fourth-order valence-corrected chi connectivity index (χ4v) is 3.67. The molecule has 1 saturated heterocycles. The van der Waals surface area contributed by atoms with Crippen molar-refractivity contribution in [1.82, 2.24) is 4.90 Å². The zero-order valence-corrected chi connectivity index (χ0v) is 19.0. The molecule has 0 spiro atoms. The molecule has 3 amide bonds. The molecule has 0 unspecified atom stereocenters. The molecule has 0 bridgehead atoms. The van der Waals surface area contributed by atoms with Gasteiger partial charge in [-0.25, -0.2) is 13.6 Å². The molecular weight excluding hydrogens is 501 g/mol. The van der Waals surface area contributed by atoms with Gasteiger partial charge in [0.1, 0.15) is 17.4 Å². The van der Waals surface area contributed by atoms with Gasteiger partial charge < -0.3 is 25.4 Å². The monoisotopic (exact) mass is 521 g/mol. The highest BCUT2D eigenvalue weighted by atomic mass is 35.5. The third-order valence-corrected chi connectivity index (χ3v) is 5.69. The molecular formula is C22H21ClF5N3O4.